The Balaban J connectivity index is 2.05. The molecule has 2 aliphatic rings. The molecular weight excluding hydrogens is 204 g/mol. The van der Waals surface area contributed by atoms with Gasteiger partial charge in [0.1, 0.15) is 5.78 Å². The lowest BCUT2D eigenvalue weighted by atomic mass is 9.80. The molecule has 0 aromatic rings. The van der Waals surface area contributed by atoms with Crippen LogP contribution in [0.4, 0.5) is 0 Å². The van der Waals surface area contributed by atoms with E-state index < -0.39 is 8.32 Å². The van der Waals surface area contributed by atoms with Crippen molar-refractivity contribution in [3.05, 3.63) is 0 Å². The predicted molar refractivity (Wildman–Crippen MR) is 63.3 cm³/mol. The van der Waals surface area contributed by atoms with Crippen LogP contribution in [-0.4, -0.2) is 20.2 Å². The van der Waals surface area contributed by atoms with Crippen LogP contribution in [0.1, 0.15) is 32.1 Å². The number of carbonyl (C=O) groups excluding carboxylic acids is 1. The van der Waals surface area contributed by atoms with E-state index in [2.05, 4.69) is 19.6 Å². The van der Waals surface area contributed by atoms with Gasteiger partial charge in [0.05, 0.1) is 6.10 Å². The van der Waals surface area contributed by atoms with Gasteiger partial charge in [-0.1, -0.05) is 0 Å². The summed E-state index contributed by atoms with van der Waals surface area (Å²) >= 11 is 0. The van der Waals surface area contributed by atoms with E-state index in [0.29, 0.717) is 11.7 Å². The van der Waals surface area contributed by atoms with Crippen molar-refractivity contribution in [2.45, 2.75) is 57.8 Å². The largest absolute Gasteiger partial charge is 0.414 e. The van der Waals surface area contributed by atoms with E-state index >= 15 is 0 Å². The second kappa shape index (κ2) is 4.02. The molecule has 0 radical (unpaired) electrons. The second-order valence-electron chi connectivity index (χ2n) is 5.99. The number of carbonyl (C=O) groups is 1. The maximum absolute atomic E-state index is 11.9. The molecule has 0 aromatic carbocycles. The molecule has 0 unspecified atom stereocenters. The second-order valence-corrected chi connectivity index (χ2v) is 10.5. The van der Waals surface area contributed by atoms with E-state index in [-0.39, 0.29) is 12.0 Å². The average Bonchev–Trinajstić information content (AvgIpc) is 2.47. The van der Waals surface area contributed by atoms with Crippen LogP contribution in [0.25, 0.3) is 0 Å². The Bertz CT molecular complexity index is 257. The summed E-state index contributed by atoms with van der Waals surface area (Å²) in [6, 6.07) is 0. The minimum Gasteiger partial charge on any atom is -0.414 e. The van der Waals surface area contributed by atoms with Gasteiger partial charge in [0.25, 0.3) is 0 Å². The van der Waals surface area contributed by atoms with Gasteiger partial charge in [-0.05, 0) is 51.2 Å². The van der Waals surface area contributed by atoms with Crippen LogP contribution >= 0.6 is 0 Å². The van der Waals surface area contributed by atoms with Crippen LogP contribution in [0.3, 0.4) is 0 Å². The third-order valence-corrected chi connectivity index (χ3v) is 4.62. The molecule has 3 heteroatoms. The molecule has 2 rings (SSSR count). The smallest absolute Gasteiger partial charge is 0.184 e. The quantitative estimate of drug-likeness (QED) is 0.677. The Hall–Kier alpha value is -0.153. The van der Waals surface area contributed by atoms with Gasteiger partial charge in [-0.3, -0.25) is 4.79 Å². The summed E-state index contributed by atoms with van der Waals surface area (Å²) in [5, 5.41) is 0. The van der Waals surface area contributed by atoms with Gasteiger partial charge in [0.2, 0.25) is 0 Å². The van der Waals surface area contributed by atoms with E-state index in [1.54, 1.807) is 0 Å². The number of hydrogen-bond acceptors (Lipinski definition) is 2. The molecular formula is C12H22O2Si. The summed E-state index contributed by atoms with van der Waals surface area (Å²) in [6.45, 7) is 6.65. The summed E-state index contributed by atoms with van der Waals surface area (Å²) in [5.41, 5.74) is 0. The molecule has 15 heavy (non-hydrogen) atoms. The van der Waals surface area contributed by atoms with Gasteiger partial charge in [-0.15, -0.1) is 0 Å². The number of fused-ring (bicyclic) bond motifs is 1. The SMILES string of the molecule is C[Si](C)(C)O[C@@H]1CC[C@@H]2CCCC(=O)[C@@H]21. The molecule has 0 aromatic heterocycles. The van der Waals surface area contributed by atoms with Gasteiger partial charge in [0.15, 0.2) is 8.32 Å². The highest BCUT2D eigenvalue weighted by Crippen LogP contribution is 2.42. The topological polar surface area (TPSA) is 26.3 Å². The molecule has 0 amide bonds. The van der Waals surface area contributed by atoms with Crippen molar-refractivity contribution in [2.75, 3.05) is 0 Å². The first-order valence-electron chi connectivity index (χ1n) is 6.18. The molecule has 0 spiro atoms. The van der Waals surface area contributed by atoms with Crippen LogP contribution in [0.5, 0.6) is 0 Å². The fourth-order valence-electron chi connectivity index (χ4n) is 3.13. The summed E-state index contributed by atoms with van der Waals surface area (Å²) < 4.78 is 6.16. The van der Waals surface area contributed by atoms with Crippen LogP contribution in [0.15, 0.2) is 0 Å². The minimum absolute atomic E-state index is 0.255. The van der Waals surface area contributed by atoms with Gasteiger partial charge in [-0.25, -0.2) is 0 Å². The molecule has 2 saturated carbocycles. The number of ketones is 1. The highest BCUT2D eigenvalue weighted by atomic mass is 28.4. The Kier molecular flexibility index (Phi) is 3.04. The summed E-state index contributed by atoms with van der Waals surface area (Å²) in [7, 11) is -1.48. The van der Waals surface area contributed by atoms with Crippen molar-refractivity contribution >= 4 is 14.1 Å². The van der Waals surface area contributed by atoms with E-state index in [9.17, 15) is 4.79 Å². The van der Waals surface area contributed by atoms with Crippen LogP contribution in [0.2, 0.25) is 19.6 Å². The van der Waals surface area contributed by atoms with Crippen molar-refractivity contribution in [2.24, 2.45) is 11.8 Å². The highest BCUT2D eigenvalue weighted by Gasteiger charge is 2.44. The van der Waals surface area contributed by atoms with Gasteiger partial charge < -0.3 is 4.43 Å². The highest BCUT2D eigenvalue weighted by molar-refractivity contribution is 6.69. The van der Waals surface area contributed by atoms with Crippen molar-refractivity contribution in [1.29, 1.82) is 0 Å². The zero-order chi connectivity index (χ0) is 11.1. The zero-order valence-corrected chi connectivity index (χ0v) is 11.1. The molecule has 2 nitrogen and oxygen atoms in total. The number of Topliss-reactive ketones (excluding diaryl/α,β-unsaturated/α-hetero) is 1. The van der Waals surface area contributed by atoms with Crippen LogP contribution in [-0.2, 0) is 9.22 Å². The molecule has 0 aliphatic heterocycles. The van der Waals surface area contributed by atoms with Crippen LogP contribution in [0, 0.1) is 11.8 Å². The standard InChI is InChI=1S/C12H22O2Si/c1-15(2,3)14-11-8-7-9-5-4-6-10(13)12(9)11/h9,11-12H,4-8H2,1-3H3/t9-,11+,12+/m0/s1. The molecule has 2 aliphatic carbocycles. The molecule has 3 atom stereocenters. The monoisotopic (exact) mass is 226 g/mol. The summed E-state index contributed by atoms with van der Waals surface area (Å²) in [6.07, 6.45) is 5.75. The Morgan fingerprint density at radius 1 is 1.20 bits per heavy atom. The fourth-order valence-corrected chi connectivity index (χ4v) is 4.30. The molecule has 0 saturated heterocycles. The first-order valence-corrected chi connectivity index (χ1v) is 9.59. The van der Waals surface area contributed by atoms with E-state index in [4.69, 9.17) is 4.43 Å². The number of rotatable bonds is 2. The van der Waals surface area contributed by atoms with Crippen LogP contribution < -0.4 is 0 Å². The molecule has 0 bridgehead atoms. The first kappa shape index (κ1) is 11.3. The summed E-state index contributed by atoms with van der Waals surface area (Å²) in [5.74, 6) is 1.38. The van der Waals surface area contributed by atoms with Gasteiger partial charge in [-0.2, -0.15) is 0 Å². The third-order valence-electron chi connectivity index (χ3n) is 3.61. The Labute approximate surface area is 93.5 Å². The predicted octanol–water partition coefficient (Wildman–Crippen LogP) is 2.99. The Morgan fingerprint density at radius 2 is 1.93 bits per heavy atom. The maximum atomic E-state index is 11.9. The van der Waals surface area contributed by atoms with Gasteiger partial charge in [0, 0.05) is 12.3 Å². The maximum Gasteiger partial charge on any atom is 0.184 e. The molecule has 2 fully saturated rings. The number of hydrogen-bond donors (Lipinski definition) is 0. The van der Waals surface area contributed by atoms with E-state index in [1.807, 2.05) is 0 Å². The molecule has 0 heterocycles. The normalized spacial score (nSPS) is 36.7. The molecule has 86 valence electrons. The lowest BCUT2D eigenvalue weighted by Crippen LogP contribution is -2.39. The summed E-state index contributed by atoms with van der Waals surface area (Å²) in [4.78, 5) is 11.9. The lowest BCUT2D eigenvalue weighted by Gasteiger charge is -2.31. The van der Waals surface area contributed by atoms with E-state index in [0.717, 1.165) is 19.3 Å². The van der Waals surface area contributed by atoms with Gasteiger partial charge >= 0.3 is 0 Å². The van der Waals surface area contributed by atoms with Crippen molar-refractivity contribution < 1.29 is 9.22 Å². The molecule has 0 N–H and O–H groups in total. The van der Waals surface area contributed by atoms with Crippen molar-refractivity contribution in [1.82, 2.24) is 0 Å². The average molecular weight is 226 g/mol. The third kappa shape index (κ3) is 2.51. The van der Waals surface area contributed by atoms with E-state index in [1.165, 1.54) is 12.8 Å². The zero-order valence-electron chi connectivity index (χ0n) is 10.1. The fraction of sp³-hybridized carbons (Fsp3) is 0.917. The van der Waals surface area contributed by atoms with Crippen molar-refractivity contribution in [3.8, 4) is 0 Å². The Morgan fingerprint density at radius 3 is 2.60 bits per heavy atom. The first-order chi connectivity index (χ1) is 6.97. The lowest BCUT2D eigenvalue weighted by molar-refractivity contribution is -0.128. The minimum atomic E-state index is -1.48. The van der Waals surface area contributed by atoms with Crippen molar-refractivity contribution in [3.63, 3.8) is 0 Å².